The molecule has 2 heterocycles. The second-order valence-electron chi connectivity index (χ2n) is 6.21. The quantitative estimate of drug-likeness (QED) is 0.767. The standard InChI is InChI=1S/C18H26N4O4S/c1-4-25-16-7-6-14(12-17(16)26-5-2)27(23,24)22-11-8-19-13-15(22)18-20-9-10-21(18)3/h6-7,9-10,12,15,19H,4-5,8,11,13H2,1-3H3. The zero-order chi connectivity index (χ0) is 19.4. The van der Waals surface area contributed by atoms with Crippen LogP contribution in [0.5, 0.6) is 11.5 Å². The number of rotatable bonds is 7. The van der Waals surface area contributed by atoms with Crippen molar-refractivity contribution >= 4 is 10.0 Å². The van der Waals surface area contributed by atoms with Crippen LogP contribution in [0.4, 0.5) is 0 Å². The van der Waals surface area contributed by atoms with Gasteiger partial charge in [-0.25, -0.2) is 13.4 Å². The van der Waals surface area contributed by atoms with E-state index in [2.05, 4.69) is 10.3 Å². The number of imidazole rings is 1. The molecule has 1 atom stereocenters. The Labute approximate surface area is 160 Å². The van der Waals surface area contributed by atoms with E-state index < -0.39 is 10.0 Å². The lowest BCUT2D eigenvalue weighted by Gasteiger charge is -2.34. The van der Waals surface area contributed by atoms with Crippen LogP contribution >= 0.6 is 0 Å². The van der Waals surface area contributed by atoms with Crippen LogP contribution in [0, 0.1) is 0 Å². The highest BCUT2D eigenvalue weighted by Crippen LogP contribution is 2.34. The monoisotopic (exact) mass is 394 g/mol. The van der Waals surface area contributed by atoms with Crippen LogP contribution in [0.2, 0.25) is 0 Å². The molecule has 1 aliphatic rings. The normalized spacial score (nSPS) is 18.4. The lowest BCUT2D eigenvalue weighted by molar-refractivity contribution is 0.258. The Balaban J connectivity index is 1.99. The van der Waals surface area contributed by atoms with Crippen LogP contribution in [-0.2, 0) is 17.1 Å². The van der Waals surface area contributed by atoms with E-state index in [1.807, 2.05) is 31.7 Å². The van der Waals surface area contributed by atoms with Crippen molar-refractivity contribution in [2.45, 2.75) is 24.8 Å². The number of nitrogens with zero attached hydrogens (tertiary/aromatic N) is 3. The molecule has 1 saturated heterocycles. The minimum atomic E-state index is -3.72. The van der Waals surface area contributed by atoms with E-state index in [1.165, 1.54) is 4.31 Å². The van der Waals surface area contributed by atoms with Gasteiger partial charge in [0.15, 0.2) is 11.5 Å². The van der Waals surface area contributed by atoms with E-state index in [-0.39, 0.29) is 10.9 Å². The van der Waals surface area contributed by atoms with Gasteiger partial charge in [-0.1, -0.05) is 0 Å². The number of aromatic nitrogens is 2. The zero-order valence-electron chi connectivity index (χ0n) is 15.9. The molecule has 0 saturated carbocycles. The highest BCUT2D eigenvalue weighted by molar-refractivity contribution is 7.89. The maximum absolute atomic E-state index is 13.4. The predicted molar refractivity (Wildman–Crippen MR) is 101 cm³/mol. The van der Waals surface area contributed by atoms with Crippen molar-refractivity contribution in [1.82, 2.24) is 19.2 Å². The third kappa shape index (κ3) is 3.95. The fourth-order valence-electron chi connectivity index (χ4n) is 3.22. The fourth-order valence-corrected chi connectivity index (χ4v) is 4.82. The number of sulfonamides is 1. The molecule has 1 aromatic carbocycles. The average Bonchev–Trinajstić information content (AvgIpc) is 3.09. The van der Waals surface area contributed by atoms with Gasteiger partial charge in [0.1, 0.15) is 5.82 Å². The second-order valence-corrected chi connectivity index (χ2v) is 8.10. The predicted octanol–water partition coefficient (Wildman–Crippen LogP) is 1.55. The molecule has 148 valence electrons. The molecule has 0 amide bonds. The second kappa shape index (κ2) is 8.28. The molecular weight excluding hydrogens is 368 g/mol. The Morgan fingerprint density at radius 1 is 1.22 bits per heavy atom. The largest absolute Gasteiger partial charge is 0.490 e. The van der Waals surface area contributed by atoms with Crippen molar-refractivity contribution in [3.8, 4) is 11.5 Å². The summed E-state index contributed by atoms with van der Waals surface area (Å²) in [6, 6.07) is 4.40. The van der Waals surface area contributed by atoms with Gasteiger partial charge < -0.3 is 19.4 Å². The molecule has 8 nitrogen and oxygen atoms in total. The maximum atomic E-state index is 13.4. The van der Waals surface area contributed by atoms with Crippen molar-refractivity contribution in [3.05, 3.63) is 36.4 Å². The van der Waals surface area contributed by atoms with E-state index in [0.717, 1.165) is 0 Å². The molecule has 1 fully saturated rings. The Morgan fingerprint density at radius 3 is 2.63 bits per heavy atom. The summed E-state index contributed by atoms with van der Waals surface area (Å²) in [5.74, 6) is 1.69. The van der Waals surface area contributed by atoms with Crippen molar-refractivity contribution in [1.29, 1.82) is 0 Å². The van der Waals surface area contributed by atoms with Gasteiger partial charge in [-0.05, 0) is 26.0 Å². The first kappa shape index (κ1) is 19.7. The zero-order valence-corrected chi connectivity index (χ0v) is 16.7. The van der Waals surface area contributed by atoms with Crippen LogP contribution in [0.3, 0.4) is 0 Å². The minimum absolute atomic E-state index is 0.190. The smallest absolute Gasteiger partial charge is 0.243 e. The molecule has 0 spiro atoms. The van der Waals surface area contributed by atoms with E-state index >= 15 is 0 Å². The number of nitrogens with one attached hydrogen (secondary N) is 1. The molecule has 1 N–H and O–H groups in total. The summed E-state index contributed by atoms with van der Waals surface area (Å²) >= 11 is 0. The number of benzene rings is 1. The lowest BCUT2D eigenvalue weighted by Crippen LogP contribution is -2.49. The topological polar surface area (TPSA) is 85.7 Å². The van der Waals surface area contributed by atoms with Gasteiger partial charge in [-0.2, -0.15) is 4.31 Å². The van der Waals surface area contributed by atoms with Crippen molar-refractivity contribution in [2.24, 2.45) is 7.05 Å². The molecule has 9 heteroatoms. The number of piperazine rings is 1. The number of aryl methyl sites for hydroxylation is 1. The lowest BCUT2D eigenvalue weighted by atomic mass is 10.2. The SMILES string of the molecule is CCOc1ccc(S(=O)(=O)N2CCNCC2c2nccn2C)cc1OCC. The summed E-state index contributed by atoms with van der Waals surface area (Å²) in [7, 11) is -1.86. The minimum Gasteiger partial charge on any atom is -0.490 e. The van der Waals surface area contributed by atoms with E-state index in [9.17, 15) is 8.42 Å². The van der Waals surface area contributed by atoms with Gasteiger partial charge in [-0.3, -0.25) is 0 Å². The van der Waals surface area contributed by atoms with Gasteiger partial charge >= 0.3 is 0 Å². The summed E-state index contributed by atoms with van der Waals surface area (Å²) in [4.78, 5) is 4.54. The molecular formula is C18H26N4O4S. The van der Waals surface area contributed by atoms with Gasteiger partial charge in [0.2, 0.25) is 10.0 Å². The summed E-state index contributed by atoms with van der Waals surface area (Å²) in [6.45, 7) is 6.10. The first-order chi connectivity index (χ1) is 13.0. The third-order valence-corrected chi connectivity index (χ3v) is 6.38. The number of hydrogen-bond acceptors (Lipinski definition) is 6. The molecule has 3 rings (SSSR count). The molecule has 1 aromatic heterocycles. The Kier molecular flexibility index (Phi) is 6.03. The molecule has 0 aliphatic carbocycles. The summed E-state index contributed by atoms with van der Waals surface area (Å²) in [6.07, 6.45) is 3.50. The number of ether oxygens (including phenoxy) is 2. The Hall–Kier alpha value is -2.10. The van der Waals surface area contributed by atoms with Crippen LogP contribution < -0.4 is 14.8 Å². The summed E-state index contributed by atoms with van der Waals surface area (Å²) < 4.78 is 41.3. The molecule has 1 unspecified atom stereocenters. The molecule has 0 bridgehead atoms. The van der Waals surface area contributed by atoms with E-state index in [0.29, 0.717) is 50.2 Å². The van der Waals surface area contributed by atoms with Gasteiger partial charge in [0.05, 0.1) is 24.2 Å². The first-order valence-electron chi connectivity index (χ1n) is 9.08. The summed E-state index contributed by atoms with van der Waals surface area (Å²) in [5.41, 5.74) is 0. The maximum Gasteiger partial charge on any atom is 0.243 e. The van der Waals surface area contributed by atoms with Crippen molar-refractivity contribution in [2.75, 3.05) is 32.8 Å². The summed E-state index contributed by atoms with van der Waals surface area (Å²) in [5, 5.41) is 3.26. The Bertz CT molecular complexity index is 881. The fraction of sp³-hybridized carbons (Fsp3) is 0.500. The first-order valence-corrected chi connectivity index (χ1v) is 10.5. The number of hydrogen-bond donors (Lipinski definition) is 1. The molecule has 27 heavy (non-hydrogen) atoms. The van der Waals surface area contributed by atoms with Crippen molar-refractivity contribution in [3.63, 3.8) is 0 Å². The Morgan fingerprint density at radius 2 is 1.96 bits per heavy atom. The third-order valence-electron chi connectivity index (χ3n) is 4.47. The molecule has 0 radical (unpaired) electrons. The highest BCUT2D eigenvalue weighted by atomic mass is 32.2. The van der Waals surface area contributed by atoms with Crippen LogP contribution in [-0.4, -0.2) is 55.1 Å². The van der Waals surface area contributed by atoms with Crippen LogP contribution in [0.1, 0.15) is 25.7 Å². The molecule has 1 aliphatic heterocycles. The van der Waals surface area contributed by atoms with Gasteiger partial charge in [-0.15, -0.1) is 0 Å². The average molecular weight is 394 g/mol. The highest BCUT2D eigenvalue weighted by Gasteiger charge is 2.36. The van der Waals surface area contributed by atoms with E-state index in [4.69, 9.17) is 9.47 Å². The molecule has 2 aromatic rings. The van der Waals surface area contributed by atoms with Gasteiger partial charge in [0, 0.05) is 45.1 Å². The van der Waals surface area contributed by atoms with Gasteiger partial charge in [0.25, 0.3) is 0 Å². The van der Waals surface area contributed by atoms with Crippen LogP contribution in [0.15, 0.2) is 35.5 Å². The van der Waals surface area contributed by atoms with E-state index in [1.54, 1.807) is 24.4 Å². The van der Waals surface area contributed by atoms with Crippen molar-refractivity contribution < 1.29 is 17.9 Å². The van der Waals surface area contributed by atoms with Crippen LogP contribution in [0.25, 0.3) is 0 Å².